The Hall–Kier alpha value is -3.31. The summed E-state index contributed by atoms with van der Waals surface area (Å²) >= 11 is 0. The number of ketones is 3. The Balaban J connectivity index is 1.68. The molecule has 6 N–H and O–H groups in total. The Labute approximate surface area is 219 Å². The second-order valence-corrected chi connectivity index (χ2v) is 10.7. The number of hydrogen-bond acceptors (Lipinski definition) is 10. The van der Waals surface area contributed by atoms with Crippen LogP contribution in [0.25, 0.3) is 0 Å². The van der Waals surface area contributed by atoms with E-state index in [1.165, 1.54) is 32.2 Å². The van der Waals surface area contributed by atoms with Crippen LogP contribution >= 0.6 is 0 Å². The van der Waals surface area contributed by atoms with E-state index >= 15 is 0 Å². The third-order valence-electron chi connectivity index (χ3n) is 8.28. The lowest BCUT2D eigenvalue weighted by Gasteiger charge is -2.42. The number of benzene rings is 2. The number of carbonyl (C=O) groups excluding carboxylic acids is 3. The molecule has 0 amide bonds. The van der Waals surface area contributed by atoms with Gasteiger partial charge >= 0.3 is 0 Å². The van der Waals surface area contributed by atoms with E-state index in [1.54, 1.807) is 0 Å². The quantitative estimate of drug-likeness (QED) is 0.315. The molecule has 1 saturated carbocycles. The number of fused-ring (bicyclic) bond motifs is 3. The van der Waals surface area contributed by atoms with Crippen molar-refractivity contribution in [2.75, 3.05) is 7.11 Å². The van der Waals surface area contributed by atoms with Gasteiger partial charge in [0, 0.05) is 35.6 Å². The second-order valence-electron chi connectivity index (χ2n) is 10.7. The van der Waals surface area contributed by atoms with Gasteiger partial charge in [0.2, 0.25) is 5.78 Å². The minimum absolute atomic E-state index is 0.00526. The van der Waals surface area contributed by atoms with Crippen molar-refractivity contribution in [3.63, 3.8) is 0 Å². The van der Waals surface area contributed by atoms with E-state index in [1.807, 2.05) is 6.92 Å². The first kappa shape index (κ1) is 26.3. The van der Waals surface area contributed by atoms with Crippen molar-refractivity contribution in [2.24, 2.45) is 11.7 Å². The van der Waals surface area contributed by atoms with Crippen molar-refractivity contribution in [1.82, 2.24) is 0 Å². The van der Waals surface area contributed by atoms with Gasteiger partial charge in [-0.15, -0.1) is 0 Å². The SMILES string of the molecule is COc1cccc2c1C(=O)c1c(O)c3c(c(O)c1C2=O)C[C@@](O)(C(C)=O)CC3OC1CC(C)C(O)C(N)C1. The maximum absolute atomic E-state index is 13.7. The molecule has 3 aliphatic carbocycles. The van der Waals surface area contributed by atoms with Crippen LogP contribution in [0.2, 0.25) is 0 Å². The van der Waals surface area contributed by atoms with Gasteiger partial charge in [-0.3, -0.25) is 14.4 Å². The largest absolute Gasteiger partial charge is 0.507 e. The van der Waals surface area contributed by atoms with Crippen LogP contribution in [0.1, 0.15) is 82.2 Å². The number of Topliss-reactive ketones (excluding diaryl/α,β-unsaturated/α-hetero) is 1. The third-order valence-corrected chi connectivity index (χ3v) is 8.28. The normalized spacial score (nSPS) is 30.3. The maximum Gasteiger partial charge on any atom is 0.202 e. The molecule has 0 aliphatic heterocycles. The molecule has 202 valence electrons. The molecule has 0 spiro atoms. The highest BCUT2D eigenvalue weighted by Gasteiger charge is 2.49. The highest BCUT2D eigenvalue weighted by Crippen LogP contribution is 2.52. The lowest BCUT2D eigenvalue weighted by molar-refractivity contribution is -0.146. The summed E-state index contributed by atoms with van der Waals surface area (Å²) < 4.78 is 11.6. The Morgan fingerprint density at radius 1 is 1.08 bits per heavy atom. The fourth-order valence-electron chi connectivity index (χ4n) is 6.16. The van der Waals surface area contributed by atoms with Gasteiger partial charge in [-0.25, -0.2) is 0 Å². The number of phenolic OH excluding ortho intramolecular Hbond substituents is 2. The summed E-state index contributed by atoms with van der Waals surface area (Å²) in [5, 5.41) is 44.4. The van der Waals surface area contributed by atoms with Gasteiger partial charge in [0.05, 0.1) is 42.1 Å². The fraction of sp³-hybridized carbons (Fsp3) is 0.464. The van der Waals surface area contributed by atoms with E-state index in [0.717, 1.165) is 0 Å². The molecule has 0 aromatic heterocycles. The fourth-order valence-corrected chi connectivity index (χ4v) is 6.16. The first-order valence-corrected chi connectivity index (χ1v) is 12.6. The summed E-state index contributed by atoms with van der Waals surface area (Å²) in [6.07, 6.45) is -2.22. The molecule has 0 radical (unpaired) electrons. The Kier molecular flexibility index (Phi) is 6.34. The molecule has 5 unspecified atom stereocenters. The van der Waals surface area contributed by atoms with Crippen molar-refractivity contribution < 1.29 is 44.3 Å². The molecular formula is C28H31NO9. The van der Waals surface area contributed by atoms with Crippen LogP contribution in [0.4, 0.5) is 0 Å². The van der Waals surface area contributed by atoms with Crippen LogP contribution < -0.4 is 10.5 Å². The minimum Gasteiger partial charge on any atom is -0.507 e. The average molecular weight is 526 g/mol. The summed E-state index contributed by atoms with van der Waals surface area (Å²) in [5.41, 5.74) is 3.36. The number of ether oxygens (including phenoxy) is 2. The van der Waals surface area contributed by atoms with Crippen LogP contribution in [0, 0.1) is 5.92 Å². The highest BCUT2D eigenvalue weighted by atomic mass is 16.5. The molecule has 1 fully saturated rings. The van der Waals surface area contributed by atoms with Crippen LogP contribution in [-0.4, -0.2) is 68.7 Å². The predicted molar refractivity (Wildman–Crippen MR) is 134 cm³/mol. The molecular weight excluding hydrogens is 494 g/mol. The van der Waals surface area contributed by atoms with E-state index in [-0.39, 0.29) is 58.7 Å². The van der Waals surface area contributed by atoms with Gasteiger partial charge in [-0.1, -0.05) is 19.1 Å². The number of nitrogens with two attached hydrogens (primary N) is 1. The van der Waals surface area contributed by atoms with Crippen molar-refractivity contribution in [1.29, 1.82) is 0 Å². The number of rotatable bonds is 4. The first-order valence-electron chi connectivity index (χ1n) is 12.6. The molecule has 5 rings (SSSR count). The zero-order valence-electron chi connectivity index (χ0n) is 21.4. The number of hydrogen-bond donors (Lipinski definition) is 5. The molecule has 0 bridgehead atoms. The van der Waals surface area contributed by atoms with E-state index in [0.29, 0.717) is 6.42 Å². The number of phenols is 2. The average Bonchev–Trinajstić information content (AvgIpc) is 2.87. The zero-order valence-corrected chi connectivity index (χ0v) is 21.4. The van der Waals surface area contributed by atoms with Gasteiger partial charge in [0.15, 0.2) is 11.6 Å². The molecule has 10 nitrogen and oxygen atoms in total. The third kappa shape index (κ3) is 3.82. The van der Waals surface area contributed by atoms with Gasteiger partial charge in [0.1, 0.15) is 22.8 Å². The number of aromatic hydroxyl groups is 2. The van der Waals surface area contributed by atoms with E-state index < -0.39 is 64.4 Å². The standard InChI is InChI=1S/C28H31NO9/c1-11-7-13(8-16(29)23(11)31)38-18-10-28(36,12(2)30)9-15-20(18)27(35)22-21(25(15)33)24(32)14-5-4-6-17(37-3)19(14)26(22)34/h4-6,11,13,16,18,23,31,33,35-36H,7-10,29H2,1-3H3/t11?,13?,16?,18?,23?,28-/m0/s1. The lowest BCUT2D eigenvalue weighted by atomic mass is 9.72. The molecule has 2 aromatic rings. The monoisotopic (exact) mass is 525 g/mol. The van der Waals surface area contributed by atoms with Crippen molar-refractivity contribution in [3.8, 4) is 17.2 Å². The molecule has 10 heteroatoms. The van der Waals surface area contributed by atoms with Gasteiger partial charge in [-0.05, 0) is 31.7 Å². The molecule has 0 heterocycles. The molecule has 38 heavy (non-hydrogen) atoms. The van der Waals surface area contributed by atoms with Crippen LogP contribution in [0.15, 0.2) is 18.2 Å². The molecule has 3 aliphatic rings. The van der Waals surface area contributed by atoms with Crippen molar-refractivity contribution in [2.45, 2.75) is 69.5 Å². The minimum atomic E-state index is -1.94. The van der Waals surface area contributed by atoms with Gasteiger partial charge in [-0.2, -0.15) is 0 Å². The highest BCUT2D eigenvalue weighted by molar-refractivity contribution is 6.31. The summed E-state index contributed by atoms with van der Waals surface area (Å²) in [5.74, 6) is -3.15. The molecule has 2 aromatic carbocycles. The molecule has 0 saturated heterocycles. The smallest absolute Gasteiger partial charge is 0.202 e. The zero-order chi connectivity index (χ0) is 27.7. The summed E-state index contributed by atoms with van der Waals surface area (Å²) in [4.78, 5) is 39.7. The Morgan fingerprint density at radius 3 is 2.39 bits per heavy atom. The number of aliphatic hydroxyl groups excluding tert-OH is 1. The molecule has 6 atom stereocenters. The summed E-state index contributed by atoms with van der Waals surface area (Å²) in [6.45, 7) is 3.04. The Bertz CT molecular complexity index is 1360. The summed E-state index contributed by atoms with van der Waals surface area (Å²) in [6, 6.07) is 3.92. The number of carbonyl (C=O) groups is 3. The Morgan fingerprint density at radius 2 is 1.76 bits per heavy atom. The van der Waals surface area contributed by atoms with Crippen LogP contribution in [0.5, 0.6) is 17.2 Å². The van der Waals surface area contributed by atoms with Gasteiger partial charge < -0.3 is 35.6 Å². The van der Waals surface area contributed by atoms with Gasteiger partial charge in [0.25, 0.3) is 0 Å². The van der Waals surface area contributed by atoms with E-state index in [2.05, 4.69) is 0 Å². The maximum atomic E-state index is 13.7. The number of methoxy groups -OCH3 is 1. The van der Waals surface area contributed by atoms with Crippen molar-refractivity contribution in [3.05, 3.63) is 51.6 Å². The van der Waals surface area contributed by atoms with E-state index in [4.69, 9.17) is 15.2 Å². The summed E-state index contributed by atoms with van der Waals surface area (Å²) in [7, 11) is 1.35. The van der Waals surface area contributed by atoms with Crippen LogP contribution in [0.3, 0.4) is 0 Å². The van der Waals surface area contributed by atoms with Crippen LogP contribution in [-0.2, 0) is 16.0 Å². The van der Waals surface area contributed by atoms with E-state index in [9.17, 15) is 34.8 Å². The first-order chi connectivity index (χ1) is 17.9. The lowest BCUT2D eigenvalue weighted by Crippen LogP contribution is -2.49. The van der Waals surface area contributed by atoms with Crippen molar-refractivity contribution >= 4 is 17.3 Å². The topological polar surface area (TPSA) is 177 Å². The number of aliphatic hydroxyl groups is 2. The predicted octanol–water partition coefficient (Wildman–Crippen LogP) is 1.69. The second kappa shape index (κ2) is 9.16.